The molecule has 0 saturated carbocycles. The molecule has 0 aromatic rings. The lowest BCUT2D eigenvalue weighted by atomic mass is 10.4. The Morgan fingerprint density at radius 2 is 0.160 bits per heavy atom. The van der Waals surface area contributed by atoms with Gasteiger partial charge in [-0.15, -0.1) is 5.92 Å². The highest BCUT2D eigenvalue weighted by molar-refractivity contribution is 5.54. The number of hydrogen-bond donors (Lipinski definition) is 0. The normalized spacial score (nSPS) is 3.95. The molecule has 0 amide bonds. The standard InChI is InChI=1S/C81H3/c1-3-5-7-9-11-13-15-17-19-21-23-25-27-29-31-33-35-37-39-41-43-45-47-49-51-53-55-57-59-61-63-65-67-69-71-73-75-77-79-81-80-78-76-74-72-70-68-66-64-62-60-58-56-54-52-50-48-46-44-42-40-38-36-34-32-30-28-26-24-22-20-18-16-14-12-10-8-6-4-2/h1H3/q-1. The lowest BCUT2D eigenvalue weighted by molar-refractivity contribution is 1.92. The molecule has 0 atom stereocenters. The van der Waals surface area contributed by atoms with Crippen LogP contribution in [0.1, 0.15) is 6.92 Å². The van der Waals surface area contributed by atoms with Crippen LogP contribution in [0.4, 0.5) is 0 Å². The third-order valence-corrected chi connectivity index (χ3v) is 4.94. The molecular formula is C81H3-. The lowest BCUT2D eigenvalue weighted by Crippen LogP contribution is -1.57. The molecule has 0 radical (unpaired) electrons. The summed E-state index contributed by atoms with van der Waals surface area (Å²) in [4.78, 5) is 0. The first-order valence-corrected chi connectivity index (χ1v) is 20.2. The van der Waals surface area contributed by atoms with Crippen LogP contribution in [0, 0.1) is 474 Å². The molecule has 0 N–H and O–H groups in total. The van der Waals surface area contributed by atoms with Gasteiger partial charge in [0.15, 0.2) is 0 Å². The SMILES string of the molecule is [C-]#CC#CC#CC#CC#CC#CC#CC#CC#CC#CC#CC#CC#CC#CC#CC#CC#CC#CC#CC#CC#CC#CC#CC#CC#CC#CC#CC#CC#CC#CC#CC#CC#CC#CC#CC#CC#CC#CC#CC#CC. The Kier molecular flexibility index (Phi) is 48.8. The van der Waals surface area contributed by atoms with Gasteiger partial charge in [-0.25, -0.2) is 5.92 Å². The highest BCUT2D eigenvalue weighted by Crippen LogP contribution is 1.65. The van der Waals surface area contributed by atoms with Gasteiger partial charge in [0.05, 0.1) is 0 Å². The van der Waals surface area contributed by atoms with Crippen molar-refractivity contribution in [2.45, 2.75) is 6.92 Å². The van der Waals surface area contributed by atoms with E-state index in [1.807, 2.05) is 5.92 Å². The molecule has 0 nitrogen and oxygen atoms in total. The second kappa shape index (κ2) is 62.4. The van der Waals surface area contributed by atoms with Crippen molar-refractivity contribution in [1.82, 2.24) is 0 Å². The van der Waals surface area contributed by atoms with Gasteiger partial charge in [-0.3, -0.25) is 5.92 Å². The van der Waals surface area contributed by atoms with Gasteiger partial charge in [0.2, 0.25) is 0 Å². The molecule has 0 fully saturated rings. The van der Waals surface area contributed by atoms with Gasteiger partial charge in [0, 0.05) is 349 Å². The maximum Gasteiger partial charge on any atom is 0 e. The van der Waals surface area contributed by atoms with Crippen LogP contribution in [-0.2, 0) is 0 Å². The summed E-state index contributed by atoms with van der Waals surface area (Å²) < 4.78 is 0. The maximum absolute atomic E-state index is 6.58. The fourth-order valence-corrected chi connectivity index (χ4v) is 2.44. The summed E-state index contributed by atoms with van der Waals surface area (Å²) in [5.74, 6) is 196. The maximum atomic E-state index is 6.58. The molecule has 81 heavy (non-hydrogen) atoms. The Morgan fingerprint density at radius 3 is 0.222 bits per heavy atom. The Labute approximate surface area is 478 Å². The van der Waals surface area contributed by atoms with Crippen molar-refractivity contribution in [3.05, 3.63) is 6.42 Å². The monoisotopic (exact) mass is 975 g/mol. The largest absolute Gasteiger partial charge is 0.358 e. The van der Waals surface area contributed by atoms with Gasteiger partial charge in [0.1, 0.15) is 0 Å². The summed E-state index contributed by atoms with van der Waals surface area (Å²) in [7, 11) is 0. The zero-order chi connectivity index (χ0) is 57.9. The minimum absolute atomic E-state index is 1.68. The van der Waals surface area contributed by atoms with Crippen molar-refractivity contribution in [1.29, 1.82) is 0 Å². The smallest absolute Gasteiger partial charge is 0 e. The van der Waals surface area contributed by atoms with Gasteiger partial charge in [-0.05, 0) is 102 Å². The van der Waals surface area contributed by atoms with E-state index in [9.17, 15) is 0 Å². The van der Waals surface area contributed by atoms with E-state index in [1.165, 1.54) is 0 Å². The van der Waals surface area contributed by atoms with Gasteiger partial charge in [-0.2, -0.15) is 0 Å². The van der Waals surface area contributed by atoms with Crippen LogP contribution in [0.3, 0.4) is 0 Å². The third kappa shape index (κ3) is 62.4. The van der Waals surface area contributed by atoms with Crippen molar-refractivity contribution >= 4 is 0 Å². The van der Waals surface area contributed by atoms with Gasteiger partial charge in [-0.1, -0.05) is 5.92 Å². The second-order valence-corrected chi connectivity index (χ2v) is 10.0. The summed E-state index contributed by atoms with van der Waals surface area (Å²) in [6.45, 7) is 1.68. The third-order valence-electron chi connectivity index (χ3n) is 4.94. The Hall–Kier alpha value is -17.6. The van der Waals surface area contributed by atoms with Crippen LogP contribution in [0.5, 0.6) is 0 Å². The van der Waals surface area contributed by atoms with Gasteiger partial charge < -0.3 is 6.42 Å². The van der Waals surface area contributed by atoms with E-state index in [2.05, 4.69) is 462 Å². The topological polar surface area (TPSA) is 0 Å². The molecule has 0 heteroatoms. The van der Waals surface area contributed by atoms with Crippen molar-refractivity contribution in [3.8, 4) is 468 Å². The summed E-state index contributed by atoms with van der Waals surface area (Å²) in [5, 5.41) is 0. The average molecular weight is 976 g/mol. The predicted molar refractivity (Wildman–Crippen MR) is 316 cm³/mol. The van der Waals surface area contributed by atoms with E-state index >= 15 is 0 Å². The molecule has 0 unspecified atom stereocenters. The van der Waals surface area contributed by atoms with E-state index in [0.717, 1.165) is 0 Å². The van der Waals surface area contributed by atoms with Crippen LogP contribution >= 0.6 is 0 Å². The highest BCUT2D eigenvalue weighted by atomic mass is 13.7. The summed E-state index contributed by atoms with van der Waals surface area (Å²) in [6.07, 6.45) is 6.58. The number of hydrogen-bond acceptors (Lipinski definition) is 0. The minimum atomic E-state index is 1.68. The lowest BCUT2D eigenvalue weighted by Gasteiger charge is -1.63. The van der Waals surface area contributed by atoms with Crippen LogP contribution in [0.25, 0.3) is 0 Å². The fourth-order valence-electron chi connectivity index (χ4n) is 2.44. The first-order valence-electron chi connectivity index (χ1n) is 20.2. The van der Waals surface area contributed by atoms with Gasteiger partial charge >= 0.3 is 0 Å². The first-order chi connectivity index (χ1) is 40.4. The fraction of sp³-hybridized carbons (Fsp3) is 0.0123. The molecule has 0 aliphatic heterocycles. The Bertz CT molecular complexity index is 5490. The van der Waals surface area contributed by atoms with Crippen LogP contribution in [0.2, 0.25) is 0 Å². The van der Waals surface area contributed by atoms with E-state index in [4.69, 9.17) is 6.42 Å². The summed E-state index contributed by atoms with van der Waals surface area (Å²) >= 11 is 0. The molecule has 0 bridgehead atoms. The quantitative estimate of drug-likeness (QED) is 0.249. The van der Waals surface area contributed by atoms with E-state index in [0.29, 0.717) is 0 Å². The van der Waals surface area contributed by atoms with E-state index in [-0.39, 0.29) is 0 Å². The van der Waals surface area contributed by atoms with Crippen molar-refractivity contribution < 1.29 is 0 Å². The van der Waals surface area contributed by atoms with E-state index in [1.54, 1.807) is 6.92 Å². The molecule has 0 saturated heterocycles. The highest BCUT2D eigenvalue weighted by Gasteiger charge is 1.65. The zero-order valence-corrected chi connectivity index (χ0v) is 41.0. The first kappa shape index (κ1) is 63.4. The van der Waals surface area contributed by atoms with E-state index < -0.39 is 0 Å². The van der Waals surface area contributed by atoms with Gasteiger partial charge in [0.25, 0.3) is 0 Å². The second-order valence-electron chi connectivity index (χ2n) is 10.0. The predicted octanol–water partition coefficient (Wildman–Crippen LogP) is 0.729. The molecule has 0 rings (SSSR count). The molecule has 0 aliphatic rings. The summed E-state index contributed by atoms with van der Waals surface area (Å²) in [6, 6.07) is 0. The Morgan fingerprint density at radius 1 is 0.0988 bits per heavy atom. The Balaban J connectivity index is 4.62. The summed E-state index contributed by atoms with van der Waals surface area (Å²) in [5.41, 5.74) is 0. The molecule has 328 valence electrons. The molecular weight excluding hydrogens is 973 g/mol. The van der Waals surface area contributed by atoms with Crippen molar-refractivity contribution in [2.24, 2.45) is 0 Å². The average Bonchev–Trinajstić information content (AvgIpc) is 3.48. The number of rotatable bonds is 0. The molecule has 0 spiro atoms. The zero-order valence-electron chi connectivity index (χ0n) is 41.0. The molecule has 0 heterocycles. The van der Waals surface area contributed by atoms with Crippen molar-refractivity contribution in [2.75, 3.05) is 0 Å². The van der Waals surface area contributed by atoms with Crippen LogP contribution in [0.15, 0.2) is 0 Å². The molecule has 0 aliphatic carbocycles. The van der Waals surface area contributed by atoms with Crippen LogP contribution < -0.4 is 0 Å². The molecule has 0 aromatic carbocycles. The van der Waals surface area contributed by atoms with Crippen molar-refractivity contribution in [3.63, 3.8) is 0 Å². The minimum Gasteiger partial charge on any atom is -0.358 e. The molecule has 0 aromatic heterocycles. The van der Waals surface area contributed by atoms with Crippen LogP contribution in [-0.4, -0.2) is 0 Å².